The number of unbranched alkanes of at least 4 members (excludes halogenated alkanes) is 8. The van der Waals surface area contributed by atoms with Crippen LogP contribution in [0.5, 0.6) is 0 Å². The van der Waals surface area contributed by atoms with Crippen LogP contribution in [0.3, 0.4) is 0 Å². The summed E-state index contributed by atoms with van der Waals surface area (Å²) in [6, 6.07) is 0. The standard InChI is InChI=1S/C25H52O8/c1-2-3-4-5-6-7-8-9-10-12-27-14-16-29-18-20-31-22-24-33-25-23-32-21-19-30-17-15-28-13-11-26/h26H,2-25H2,1H3. The van der Waals surface area contributed by atoms with Gasteiger partial charge in [-0.3, -0.25) is 0 Å². The van der Waals surface area contributed by atoms with Crippen molar-refractivity contribution in [2.75, 3.05) is 99.1 Å². The Morgan fingerprint density at radius 2 is 0.606 bits per heavy atom. The van der Waals surface area contributed by atoms with E-state index in [1.54, 1.807) is 0 Å². The maximum absolute atomic E-state index is 8.55. The molecule has 33 heavy (non-hydrogen) atoms. The van der Waals surface area contributed by atoms with Crippen molar-refractivity contribution in [3.05, 3.63) is 0 Å². The number of hydrogen-bond acceptors (Lipinski definition) is 8. The highest BCUT2D eigenvalue weighted by atomic mass is 16.6. The molecule has 0 fully saturated rings. The van der Waals surface area contributed by atoms with Crippen LogP contribution >= 0.6 is 0 Å². The van der Waals surface area contributed by atoms with Gasteiger partial charge in [-0.15, -0.1) is 0 Å². The van der Waals surface area contributed by atoms with Crippen molar-refractivity contribution in [1.82, 2.24) is 0 Å². The van der Waals surface area contributed by atoms with Crippen molar-refractivity contribution >= 4 is 0 Å². The average Bonchev–Trinajstić information content (AvgIpc) is 2.83. The number of aliphatic hydroxyl groups is 1. The van der Waals surface area contributed by atoms with E-state index in [4.69, 9.17) is 38.3 Å². The molecule has 0 spiro atoms. The second-order valence-electron chi connectivity index (χ2n) is 7.84. The molecule has 0 radical (unpaired) electrons. The molecule has 0 saturated heterocycles. The zero-order valence-electron chi connectivity index (χ0n) is 21.3. The molecule has 0 aromatic heterocycles. The summed E-state index contributed by atoms with van der Waals surface area (Å²) in [5.74, 6) is 0. The van der Waals surface area contributed by atoms with Gasteiger partial charge in [-0.25, -0.2) is 0 Å². The fraction of sp³-hybridized carbons (Fsp3) is 1.00. The molecule has 0 saturated carbocycles. The minimum absolute atomic E-state index is 0.0386. The second-order valence-corrected chi connectivity index (χ2v) is 7.84. The van der Waals surface area contributed by atoms with Crippen LogP contribution in [0.15, 0.2) is 0 Å². The Morgan fingerprint density at radius 1 is 0.333 bits per heavy atom. The molecule has 0 aliphatic heterocycles. The summed E-state index contributed by atoms with van der Waals surface area (Å²) < 4.78 is 37.8. The van der Waals surface area contributed by atoms with Crippen LogP contribution in [-0.4, -0.2) is 104 Å². The zero-order chi connectivity index (χ0) is 23.9. The Hall–Kier alpha value is -0.320. The highest BCUT2D eigenvalue weighted by Gasteiger charge is 1.95. The molecule has 0 unspecified atom stereocenters. The third-order valence-corrected chi connectivity index (χ3v) is 4.86. The van der Waals surface area contributed by atoms with E-state index in [9.17, 15) is 0 Å². The molecule has 0 heterocycles. The van der Waals surface area contributed by atoms with E-state index >= 15 is 0 Å². The van der Waals surface area contributed by atoms with Gasteiger partial charge in [0.2, 0.25) is 0 Å². The third-order valence-electron chi connectivity index (χ3n) is 4.86. The Bertz CT molecular complexity index is 304. The zero-order valence-corrected chi connectivity index (χ0v) is 21.3. The molecule has 0 aliphatic carbocycles. The van der Waals surface area contributed by atoms with Crippen molar-refractivity contribution in [1.29, 1.82) is 0 Å². The van der Waals surface area contributed by atoms with Gasteiger partial charge in [-0.1, -0.05) is 58.3 Å². The molecule has 0 amide bonds. The van der Waals surface area contributed by atoms with Crippen molar-refractivity contribution < 1.29 is 38.3 Å². The molecule has 8 heteroatoms. The van der Waals surface area contributed by atoms with E-state index in [0.29, 0.717) is 85.9 Å². The van der Waals surface area contributed by atoms with Gasteiger partial charge < -0.3 is 38.3 Å². The summed E-state index contributed by atoms with van der Waals surface area (Å²) in [5.41, 5.74) is 0. The molecule has 0 aromatic carbocycles. The summed E-state index contributed by atoms with van der Waals surface area (Å²) in [4.78, 5) is 0. The molecule has 0 bridgehead atoms. The second kappa shape index (κ2) is 31.7. The van der Waals surface area contributed by atoms with Gasteiger partial charge in [0, 0.05) is 6.61 Å². The monoisotopic (exact) mass is 480 g/mol. The Morgan fingerprint density at radius 3 is 0.939 bits per heavy atom. The van der Waals surface area contributed by atoms with E-state index in [-0.39, 0.29) is 6.61 Å². The van der Waals surface area contributed by atoms with E-state index in [1.807, 2.05) is 0 Å². The molecule has 0 aromatic rings. The quantitative estimate of drug-likeness (QED) is 0.156. The van der Waals surface area contributed by atoms with Crippen LogP contribution in [0.4, 0.5) is 0 Å². The lowest BCUT2D eigenvalue weighted by atomic mass is 10.1. The summed E-state index contributed by atoms with van der Waals surface area (Å²) in [7, 11) is 0. The van der Waals surface area contributed by atoms with Crippen LogP contribution in [-0.2, 0) is 33.2 Å². The predicted molar refractivity (Wildman–Crippen MR) is 130 cm³/mol. The molecule has 8 nitrogen and oxygen atoms in total. The summed E-state index contributed by atoms with van der Waals surface area (Å²) in [6.07, 6.45) is 12.0. The Labute approximate surface area is 202 Å². The number of hydrogen-bond donors (Lipinski definition) is 1. The lowest BCUT2D eigenvalue weighted by molar-refractivity contribution is -0.0215. The smallest absolute Gasteiger partial charge is 0.0701 e. The van der Waals surface area contributed by atoms with Crippen molar-refractivity contribution in [3.8, 4) is 0 Å². The minimum Gasteiger partial charge on any atom is -0.394 e. The summed E-state index contributed by atoms with van der Waals surface area (Å²) in [6.45, 7) is 10.1. The fourth-order valence-electron chi connectivity index (χ4n) is 3.00. The van der Waals surface area contributed by atoms with E-state index in [0.717, 1.165) is 13.0 Å². The van der Waals surface area contributed by atoms with E-state index in [2.05, 4.69) is 6.92 Å². The summed E-state index contributed by atoms with van der Waals surface area (Å²) in [5, 5.41) is 8.55. The maximum atomic E-state index is 8.55. The largest absolute Gasteiger partial charge is 0.394 e. The highest BCUT2D eigenvalue weighted by Crippen LogP contribution is 2.09. The third kappa shape index (κ3) is 31.7. The first-order valence-corrected chi connectivity index (χ1v) is 13.1. The Balaban J connectivity index is 2.99. The molecule has 1 N–H and O–H groups in total. The molecule has 200 valence electrons. The molecule has 0 atom stereocenters. The van der Waals surface area contributed by atoms with Gasteiger partial charge in [0.15, 0.2) is 0 Å². The molecule has 0 rings (SSSR count). The van der Waals surface area contributed by atoms with Crippen molar-refractivity contribution in [2.45, 2.75) is 64.7 Å². The normalized spacial score (nSPS) is 11.5. The number of ether oxygens (including phenoxy) is 7. The molecular weight excluding hydrogens is 428 g/mol. The maximum Gasteiger partial charge on any atom is 0.0701 e. The van der Waals surface area contributed by atoms with Crippen LogP contribution in [0.2, 0.25) is 0 Å². The van der Waals surface area contributed by atoms with Gasteiger partial charge >= 0.3 is 0 Å². The van der Waals surface area contributed by atoms with E-state index in [1.165, 1.54) is 51.4 Å². The Kier molecular flexibility index (Phi) is 31.4. The lowest BCUT2D eigenvalue weighted by Crippen LogP contribution is -2.14. The van der Waals surface area contributed by atoms with Crippen molar-refractivity contribution in [2.24, 2.45) is 0 Å². The van der Waals surface area contributed by atoms with Crippen LogP contribution in [0, 0.1) is 0 Å². The van der Waals surface area contributed by atoms with Gasteiger partial charge in [0.25, 0.3) is 0 Å². The van der Waals surface area contributed by atoms with E-state index < -0.39 is 0 Å². The SMILES string of the molecule is CCCCCCCCCCCOCCOCCOCCOCCOCCOCCOCCO. The highest BCUT2D eigenvalue weighted by molar-refractivity contribution is 4.46. The van der Waals surface area contributed by atoms with Gasteiger partial charge in [-0.05, 0) is 6.42 Å². The first-order chi connectivity index (χ1) is 16.4. The van der Waals surface area contributed by atoms with Crippen LogP contribution in [0.1, 0.15) is 64.7 Å². The number of aliphatic hydroxyl groups excluding tert-OH is 1. The van der Waals surface area contributed by atoms with Crippen molar-refractivity contribution in [3.63, 3.8) is 0 Å². The van der Waals surface area contributed by atoms with Gasteiger partial charge in [0.05, 0.1) is 92.5 Å². The average molecular weight is 481 g/mol. The lowest BCUT2D eigenvalue weighted by Gasteiger charge is -2.08. The first kappa shape index (κ1) is 32.7. The fourth-order valence-corrected chi connectivity index (χ4v) is 3.00. The molecular formula is C25H52O8. The van der Waals surface area contributed by atoms with Crippen LogP contribution in [0.25, 0.3) is 0 Å². The first-order valence-electron chi connectivity index (χ1n) is 13.1. The predicted octanol–water partition coefficient (Wildman–Crippen LogP) is 3.63. The minimum atomic E-state index is 0.0386. The van der Waals surface area contributed by atoms with Crippen LogP contribution < -0.4 is 0 Å². The molecule has 0 aliphatic rings. The van der Waals surface area contributed by atoms with Gasteiger partial charge in [-0.2, -0.15) is 0 Å². The van der Waals surface area contributed by atoms with Gasteiger partial charge in [0.1, 0.15) is 0 Å². The topological polar surface area (TPSA) is 84.8 Å². The number of rotatable bonds is 30. The summed E-state index contributed by atoms with van der Waals surface area (Å²) >= 11 is 0.